The van der Waals surface area contributed by atoms with E-state index in [1.807, 2.05) is 0 Å². The van der Waals surface area contributed by atoms with Crippen LogP contribution in [0.3, 0.4) is 0 Å². The summed E-state index contributed by atoms with van der Waals surface area (Å²) in [5, 5.41) is 11.4. The third-order valence-corrected chi connectivity index (χ3v) is 2.65. The van der Waals surface area contributed by atoms with Crippen molar-refractivity contribution in [3.05, 3.63) is 0 Å². The largest absolute Gasteiger partial charge is 0.396 e. The van der Waals surface area contributed by atoms with Crippen molar-refractivity contribution in [3.8, 4) is 0 Å². The van der Waals surface area contributed by atoms with Gasteiger partial charge in [0, 0.05) is 25.6 Å². The number of alkyl halides is 3. The standard InChI is InChI=1S/C7H12F3NO/c1-6(7(8,9)10)4-11-2-5(6)3-12/h5,11-12H,2-4H2,1H3. The van der Waals surface area contributed by atoms with Gasteiger partial charge in [-0.25, -0.2) is 0 Å². The summed E-state index contributed by atoms with van der Waals surface area (Å²) in [5.41, 5.74) is -1.76. The van der Waals surface area contributed by atoms with Crippen molar-refractivity contribution < 1.29 is 18.3 Å². The molecule has 5 heteroatoms. The summed E-state index contributed by atoms with van der Waals surface area (Å²) in [4.78, 5) is 0. The lowest BCUT2D eigenvalue weighted by Crippen LogP contribution is -2.43. The lowest BCUT2D eigenvalue weighted by Gasteiger charge is -2.31. The van der Waals surface area contributed by atoms with Gasteiger partial charge in [0.1, 0.15) is 0 Å². The highest BCUT2D eigenvalue weighted by Crippen LogP contribution is 2.45. The Morgan fingerprint density at radius 1 is 1.58 bits per heavy atom. The number of aliphatic hydroxyl groups excluding tert-OH is 1. The SMILES string of the molecule is CC1(C(F)(F)F)CNCC1CO. The smallest absolute Gasteiger partial charge is 0.395 e. The Hall–Kier alpha value is -0.290. The van der Waals surface area contributed by atoms with Crippen molar-refractivity contribution >= 4 is 0 Å². The van der Waals surface area contributed by atoms with E-state index in [2.05, 4.69) is 5.32 Å². The second kappa shape index (κ2) is 2.88. The minimum atomic E-state index is -4.23. The summed E-state index contributed by atoms with van der Waals surface area (Å²) < 4.78 is 37.3. The molecule has 2 atom stereocenters. The number of hydrogen-bond acceptors (Lipinski definition) is 2. The summed E-state index contributed by atoms with van der Waals surface area (Å²) in [5.74, 6) is -0.711. The molecule has 1 aliphatic rings. The maximum atomic E-state index is 12.4. The summed E-state index contributed by atoms with van der Waals surface area (Å²) in [6.45, 7) is 0.880. The van der Waals surface area contributed by atoms with Crippen LogP contribution in [0, 0.1) is 11.3 Å². The Balaban J connectivity index is 2.82. The molecule has 0 aromatic rings. The van der Waals surface area contributed by atoms with Crippen LogP contribution in [0.4, 0.5) is 13.2 Å². The second-order valence-corrected chi connectivity index (χ2v) is 3.43. The predicted octanol–water partition coefficient (Wildman–Crippen LogP) is 0.767. The van der Waals surface area contributed by atoms with Gasteiger partial charge in [-0.2, -0.15) is 13.2 Å². The van der Waals surface area contributed by atoms with E-state index in [0.717, 1.165) is 6.92 Å². The zero-order chi connectivity index (χ0) is 9.41. The van der Waals surface area contributed by atoms with E-state index in [9.17, 15) is 13.2 Å². The maximum Gasteiger partial charge on any atom is 0.395 e. The molecule has 2 N–H and O–H groups in total. The summed E-state index contributed by atoms with van der Waals surface area (Å²) >= 11 is 0. The molecule has 1 fully saturated rings. The van der Waals surface area contributed by atoms with Gasteiger partial charge in [-0.15, -0.1) is 0 Å². The Kier molecular flexibility index (Phi) is 2.35. The van der Waals surface area contributed by atoms with Crippen LogP contribution in [0.2, 0.25) is 0 Å². The lowest BCUT2D eigenvalue weighted by atomic mass is 9.80. The van der Waals surface area contributed by atoms with E-state index in [1.165, 1.54) is 0 Å². The Morgan fingerprint density at radius 3 is 2.50 bits per heavy atom. The van der Waals surface area contributed by atoms with Crippen LogP contribution in [-0.2, 0) is 0 Å². The molecule has 0 amide bonds. The van der Waals surface area contributed by atoms with Crippen molar-refractivity contribution in [1.29, 1.82) is 0 Å². The molecule has 0 radical (unpaired) electrons. The van der Waals surface area contributed by atoms with E-state index in [-0.39, 0.29) is 13.1 Å². The molecule has 0 spiro atoms. The first-order valence-corrected chi connectivity index (χ1v) is 3.80. The average molecular weight is 183 g/mol. The van der Waals surface area contributed by atoms with Crippen LogP contribution in [-0.4, -0.2) is 31.0 Å². The molecule has 1 rings (SSSR count). The molecule has 72 valence electrons. The van der Waals surface area contributed by atoms with Gasteiger partial charge in [0.25, 0.3) is 0 Å². The minimum absolute atomic E-state index is 0.0955. The summed E-state index contributed by atoms with van der Waals surface area (Å²) in [6, 6.07) is 0. The van der Waals surface area contributed by atoms with Gasteiger partial charge in [-0.3, -0.25) is 0 Å². The molecule has 0 aromatic heterocycles. The molecule has 0 saturated carbocycles. The first kappa shape index (κ1) is 9.80. The zero-order valence-electron chi connectivity index (χ0n) is 6.78. The van der Waals surface area contributed by atoms with Gasteiger partial charge in [0.05, 0.1) is 5.41 Å². The van der Waals surface area contributed by atoms with Crippen LogP contribution in [0.25, 0.3) is 0 Å². The summed E-state index contributed by atoms with van der Waals surface area (Å²) in [6.07, 6.45) is -4.23. The Bertz CT molecular complexity index is 171. The van der Waals surface area contributed by atoms with Gasteiger partial charge >= 0.3 is 6.18 Å². The van der Waals surface area contributed by atoms with Crippen molar-refractivity contribution in [2.24, 2.45) is 11.3 Å². The molecule has 2 nitrogen and oxygen atoms in total. The number of aliphatic hydroxyl groups is 1. The molecule has 1 saturated heterocycles. The second-order valence-electron chi connectivity index (χ2n) is 3.43. The van der Waals surface area contributed by atoms with Gasteiger partial charge in [-0.05, 0) is 6.92 Å². The van der Waals surface area contributed by atoms with Crippen LogP contribution < -0.4 is 5.32 Å². The van der Waals surface area contributed by atoms with Crippen molar-refractivity contribution in [1.82, 2.24) is 5.32 Å². The molecule has 12 heavy (non-hydrogen) atoms. The monoisotopic (exact) mass is 183 g/mol. The van der Waals surface area contributed by atoms with Crippen LogP contribution in [0.1, 0.15) is 6.92 Å². The van der Waals surface area contributed by atoms with Crippen molar-refractivity contribution in [3.63, 3.8) is 0 Å². The quantitative estimate of drug-likeness (QED) is 0.629. The van der Waals surface area contributed by atoms with Gasteiger partial charge < -0.3 is 10.4 Å². The molecule has 1 aliphatic heterocycles. The third kappa shape index (κ3) is 1.31. The Labute approximate surface area is 68.8 Å². The fraction of sp³-hybridized carbons (Fsp3) is 1.00. The Morgan fingerprint density at radius 2 is 2.17 bits per heavy atom. The van der Waals surface area contributed by atoms with Crippen LogP contribution >= 0.6 is 0 Å². The van der Waals surface area contributed by atoms with Crippen LogP contribution in [0.15, 0.2) is 0 Å². The first-order valence-electron chi connectivity index (χ1n) is 3.80. The average Bonchev–Trinajstić information content (AvgIpc) is 2.30. The highest BCUT2D eigenvalue weighted by molar-refractivity contribution is 4.96. The van der Waals surface area contributed by atoms with Crippen LogP contribution in [0.5, 0.6) is 0 Å². The third-order valence-electron chi connectivity index (χ3n) is 2.65. The van der Waals surface area contributed by atoms with Gasteiger partial charge in [0.15, 0.2) is 0 Å². The van der Waals surface area contributed by atoms with E-state index in [1.54, 1.807) is 0 Å². The highest BCUT2D eigenvalue weighted by atomic mass is 19.4. The molecule has 0 aliphatic carbocycles. The number of rotatable bonds is 1. The minimum Gasteiger partial charge on any atom is -0.396 e. The molecular formula is C7H12F3NO. The molecular weight excluding hydrogens is 171 g/mol. The lowest BCUT2D eigenvalue weighted by molar-refractivity contribution is -0.227. The first-order chi connectivity index (χ1) is 5.42. The number of halogens is 3. The van der Waals surface area contributed by atoms with E-state index in [0.29, 0.717) is 0 Å². The maximum absolute atomic E-state index is 12.4. The highest BCUT2D eigenvalue weighted by Gasteiger charge is 2.57. The zero-order valence-corrected chi connectivity index (χ0v) is 6.78. The van der Waals surface area contributed by atoms with Gasteiger partial charge in [-0.1, -0.05) is 0 Å². The van der Waals surface area contributed by atoms with Crippen molar-refractivity contribution in [2.45, 2.75) is 13.1 Å². The topological polar surface area (TPSA) is 32.3 Å². The van der Waals surface area contributed by atoms with E-state index < -0.39 is 24.1 Å². The molecule has 0 bridgehead atoms. The number of hydrogen-bond donors (Lipinski definition) is 2. The predicted molar refractivity (Wildman–Crippen MR) is 37.6 cm³/mol. The molecule has 1 heterocycles. The summed E-state index contributed by atoms with van der Waals surface area (Å²) in [7, 11) is 0. The molecule has 0 aromatic carbocycles. The van der Waals surface area contributed by atoms with E-state index in [4.69, 9.17) is 5.11 Å². The normalized spacial score (nSPS) is 37.2. The fourth-order valence-electron chi connectivity index (χ4n) is 1.47. The molecule has 2 unspecified atom stereocenters. The van der Waals surface area contributed by atoms with Gasteiger partial charge in [0.2, 0.25) is 0 Å². The number of nitrogens with one attached hydrogen (secondary N) is 1. The van der Waals surface area contributed by atoms with Crippen molar-refractivity contribution in [2.75, 3.05) is 19.7 Å². The van der Waals surface area contributed by atoms with E-state index >= 15 is 0 Å². The fourth-order valence-corrected chi connectivity index (χ4v) is 1.47.